The molecule has 0 saturated heterocycles. The van der Waals surface area contributed by atoms with Crippen LogP contribution in [0.2, 0.25) is 0 Å². The molecule has 2 rings (SSSR count). The Morgan fingerprint density at radius 2 is 2.33 bits per heavy atom. The minimum absolute atomic E-state index is 0.365. The Morgan fingerprint density at radius 3 is 3.07 bits per heavy atom. The number of carbonyl (C=O) groups is 2. The number of hydrogen-bond donors (Lipinski definition) is 2. The second kappa shape index (κ2) is 3.88. The molecule has 0 aromatic rings. The number of amidine groups is 1. The van der Waals surface area contributed by atoms with Gasteiger partial charge < -0.3 is 9.84 Å². The van der Waals surface area contributed by atoms with Crippen molar-refractivity contribution in [2.24, 2.45) is 0 Å². The third-order valence-electron chi connectivity index (χ3n) is 2.63. The zero-order valence-corrected chi connectivity index (χ0v) is 8.23. The van der Waals surface area contributed by atoms with E-state index in [1.165, 1.54) is 5.84 Å². The number of carboxylic acids is 1. The van der Waals surface area contributed by atoms with E-state index in [-0.39, 0.29) is 6.10 Å². The van der Waals surface area contributed by atoms with Gasteiger partial charge in [-0.15, -0.1) is 0 Å². The summed E-state index contributed by atoms with van der Waals surface area (Å²) in [5, 5.41) is 11.5. The van der Waals surface area contributed by atoms with Gasteiger partial charge in [-0.1, -0.05) is 0 Å². The van der Waals surface area contributed by atoms with Crippen LogP contribution in [0.5, 0.6) is 0 Å². The molecule has 0 aliphatic carbocycles. The first kappa shape index (κ1) is 9.95. The molecule has 6 nitrogen and oxygen atoms in total. The molecule has 1 atom stereocenters. The number of ether oxygens (including phenoxy) is 1. The predicted octanol–water partition coefficient (Wildman–Crippen LogP) is -1.21. The van der Waals surface area contributed by atoms with Crippen LogP contribution in [0.25, 0.3) is 0 Å². The summed E-state index contributed by atoms with van der Waals surface area (Å²) >= 11 is 0. The van der Waals surface area contributed by atoms with Gasteiger partial charge in [-0.3, -0.25) is 9.89 Å². The molecule has 6 heteroatoms. The number of nitrogens with zero attached hydrogens (tertiary/aromatic N) is 1. The van der Waals surface area contributed by atoms with Crippen molar-refractivity contribution in [3.8, 4) is 0 Å². The van der Waals surface area contributed by atoms with Crippen molar-refractivity contribution < 1.29 is 24.0 Å². The molecule has 0 bridgehead atoms. The molecule has 0 aromatic heterocycles. The lowest BCUT2D eigenvalue weighted by Crippen LogP contribution is -2.48. The summed E-state index contributed by atoms with van der Waals surface area (Å²) in [5.74, 6) is -1.53. The molecule has 0 radical (unpaired) electrons. The topological polar surface area (TPSA) is 78.6 Å². The highest BCUT2D eigenvalue weighted by Crippen LogP contribution is 2.08. The first-order valence-corrected chi connectivity index (χ1v) is 4.95. The summed E-state index contributed by atoms with van der Waals surface area (Å²) in [6.45, 7) is 2.05. The molecule has 2 heterocycles. The summed E-state index contributed by atoms with van der Waals surface area (Å²) in [4.78, 5) is 21.1. The fraction of sp³-hybridized carbons (Fsp3) is 0.667. The van der Waals surface area contributed by atoms with E-state index < -0.39 is 11.9 Å². The SMILES string of the molecule is O=C(O)C(=O)OC1CNC2=[N+](CCC2)C1. The van der Waals surface area contributed by atoms with Crippen LogP contribution in [-0.2, 0) is 14.3 Å². The number of carboxylic acid groups (broad SMARTS) is 1. The van der Waals surface area contributed by atoms with Crippen molar-refractivity contribution in [3.63, 3.8) is 0 Å². The van der Waals surface area contributed by atoms with Gasteiger partial charge in [0.2, 0.25) is 5.84 Å². The molecule has 1 unspecified atom stereocenters. The maximum absolute atomic E-state index is 10.8. The lowest BCUT2D eigenvalue weighted by Gasteiger charge is -2.20. The molecule has 0 aromatic carbocycles. The van der Waals surface area contributed by atoms with E-state index in [0.29, 0.717) is 13.1 Å². The number of hydrogen-bond acceptors (Lipinski definition) is 4. The van der Waals surface area contributed by atoms with Gasteiger partial charge in [0.25, 0.3) is 0 Å². The number of rotatable bonds is 1. The van der Waals surface area contributed by atoms with Gasteiger partial charge in [-0.05, 0) is 6.42 Å². The average molecular weight is 213 g/mol. The first-order valence-electron chi connectivity index (χ1n) is 4.95. The van der Waals surface area contributed by atoms with E-state index in [2.05, 4.69) is 9.89 Å². The molecule has 2 N–H and O–H groups in total. The Balaban J connectivity index is 1.92. The predicted molar refractivity (Wildman–Crippen MR) is 49.8 cm³/mol. The highest BCUT2D eigenvalue weighted by Gasteiger charge is 2.32. The second-order valence-electron chi connectivity index (χ2n) is 3.71. The Hall–Kier alpha value is -1.59. The van der Waals surface area contributed by atoms with Crippen LogP contribution in [0.1, 0.15) is 12.8 Å². The third kappa shape index (κ3) is 2.08. The van der Waals surface area contributed by atoms with Gasteiger partial charge in [-0.2, -0.15) is 0 Å². The standard InChI is InChI=1S/C9H12N2O4/c12-8(13)9(14)15-6-4-10-7-2-1-3-11(7)5-6/h6H,1-5H2,(H,12,13)/p+1. The van der Waals surface area contributed by atoms with Crippen molar-refractivity contribution in [3.05, 3.63) is 0 Å². The fourth-order valence-electron chi connectivity index (χ4n) is 1.95. The molecular weight excluding hydrogens is 200 g/mol. The van der Waals surface area contributed by atoms with Crippen LogP contribution in [-0.4, -0.2) is 53.2 Å². The van der Waals surface area contributed by atoms with E-state index in [0.717, 1.165) is 19.4 Å². The van der Waals surface area contributed by atoms with Crippen LogP contribution in [0.3, 0.4) is 0 Å². The average Bonchev–Trinajstić information content (AvgIpc) is 2.64. The Bertz CT molecular complexity index is 337. The van der Waals surface area contributed by atoms with Crippen molar-refractivity contribution in [1.29, 1.82) is 0 Å². The summed E-state index contributed by atoms with van der Waals surface area (Å²) in [6.07, 6.45) is 1.76. The number of aliphatic carboxylic acids is 1. The molecule has 0 saturated carbocycles. The minimum atomic E-state index is -1.54. The van der Waals surface area contributed by atoms with Crippen LogP contribution < -0.4 is 5.32 Å². The molecule has 2 aliphatic heterocycles. The van der Waals surface area contributed by atoms with Gasteiger partial charge in [0, 0.05) is 0 Å². The van der Waals surface area contributed by atoms with Crippen LogP contribution >= 0.6 is 0 Å². The van der Waals surface area contributed by atoms with E-state index in [1.807, 2.05) is 0 Å². The normalized spacial score (nSPS) is 24.4. The van der Waals surface area contributed by atoms with E-state index >= 15 is 0 Å². The summed E-state index contributed by atoms with van der Waals surface area (Å²) in [5.41, 5.74) is 0. The number of carbonyl (C=O) groups excluding carboxylic acids is 1. The molecule has 0 amide bonds. The zero-order valence-electron chi connectivity index (χ0n) is 8.23. The highest BCUT2D eigenvalue weighted by molar-refractivity contribution is 6.28. The lowest BCUT2D eigenvalue weighted by atomic mass is 10.3. The summed E-state index contributed by atoms with van der Waals surface area (Å²) in [6, 6.07) is 0. The van der Waals surface area contributed by atoms with Crippen molar-refractivity contribution in [1.82, 2.24) is 5.32 Å². The van der Waals surface area contributed by atoms with Crippen molar-refractivity contribution in [2.45, 2.75) is 18.9 Å². The van der Waals surface area contributed by atoms with Crippen LogP contribution in [0, 0.1) is 0 Å². The zero-order chi connectivity index (χ0) is 10.8. The summed E-state index contributed by atoms with van der Waals surface area (Å²) in [7, 11) is 0. The molecule has 82 valence electrons. The largest absolute Gasteiger partial charge is 0.473 e. The Morgan fingerprint density at radius 1 is 1.53 bits per heavy atom. The quantitative estimate of drug-likeness (QED) is 0.324. The number of nitrogens with one attached hydrogen (secondary N) is 1. The second-order valence-corrected chi connectivity index (χ2v) is 3.71. The molecule has 15 heavy (non-hydrogen) atoms. The highest BCUT2D eigenvalue weighted by atomic mass is 16.6. The van der Waals surface area contributed by atoms with Gasteiger partial charge in [0.1, 0.15) is 13.1 Å². The maximum atomic E-state index is 10.8. The van der Waals surface area contributed by atoms with Gasteiger partial charge in [-0.25, -0.2) is 9.59 Å². The maximum Gasteiger partial charge on any atom is 0.417 e. The first-order chi connectivity index (χ1) is 7.16. The van der Waals surface area contributed by atoms with Gasteiger partial charge in [0.15, 0.2) is 6.10 Å². The van der Waals surface area contributed by atoms with Gasteiger partial charge >= 0.3 is 11.9 Å². The number of esters is 1. The Labute approximate surface area is 86.5 Å². The van der Waals surface area contributed by atoms with E-state index in [1.54, 1.807) is 0 Å². The third-order valence-corrected chi connectivity index (χ3v) is 2.63. The van der Waals surface area contributed by atoms with E-state index in [4.69, 9.17) is 9.84 Å². The molecular formula is C9H13N2O4+. The fourth-order valence-corrected chi connectivity index (χ4v) is 1.95. The Kier molecular flexibility index (Phi) is 2.57. The lowest BCUT2D eigenvalue weighted by molar-refractivity contribution is -0.534. The summed E-state index contributed by atoms with van der Waals surface area (Å²) < 4.78 is 6.91. The van der Waals surface area contributed by atoms with Crippen LogP contribution in [0.4, 0.5) is 0 Å². The monoisotopic (exact) mass is 213 g/mol. The van der Waals surface area contributed by atoms with E-state index in [9.17, 15) is 9.59 Å². The molecule has 0 spiro atoms. The van der Waals surface area contributed by atoms with Gasteiger partial charge in [0.05, 0.1) is 13.0 Å². The van der Waals surface area contributed by atoms with Crippen molar-refractivity contribution >= 4 is 17.8 Å². The van der Waals surface area contributed by atoms with Crippen molar-refractivity contribution in [2.75, 3.05) is 19.6 Å². The molecule has 2 aliphatic rings. The molecule has 0 fully saturated rings. The minimum Gasteiger partial charge on any atom is -0.473 e. The van der Waals surface area contributed by atoms with Crippen LogP contribution in [0.15, 0.2) is 0 Å². The smallest absolute Gasteiger partial charge is 0.417 e.